The van der Waals surface area contributed by atoms with Crippen molar-refractivity contribution in [3.05, 3.63) is 102 Å². The lowest BCUT2D eigenvalue weighted by molar-refractivity contribution is -0.127. The fraction of sp³-hybridized carbons (Fsp3) is 0.133. The number of hydrazine groups is 1. The molecule has 0 saturated heterocycles. The number of hydrogen-bond donors (Lipinski definition) is 2. The summed E-state index contributed by atoms with van der Waals surface area (Å²) in [4.78, 5) is 29.4. The van der Waals surface area contributed by atoms with Gasteiger partial charge in [-0.15, -0.1) is 0 Å². The van der Waals surface area contributed by atoms with E-state index in [1.54, 1.807) is 0 Å². The number of amides is 2. The summed E-state index contributed by atoms with van der Waals surface area (Å²) in [6, 6.07) is 30.6. The maximum Gasteiger partial charge on any atom is 0.248 e. The van der Waals surface area contributed by atoms with Gasteiger partial charge in [0.25, 0.3) is 0 Å². The van der Waals surface area contributed by atoms with Crippen molar-refractivity contribution in [2.75, 3.05) is 12.4 Å². The minimum Gasteiger partial charge on any atom is -0.494 e. The zero-order valence-corrected chi connectivity index (χ0v) is 21.6. The van der Waals surface area contributed by atoms with Crippen LogP contribution in [0.2, 0.25) is 0 Å². The van der Waals surface area contributed by atoms with Crippen molar-refractivity contribution >= 4 is 23.6 Å². The molecule has 0 aliphatic rings. The molecule has 38 heavy (non-hydrogen) atoms. The molecule has 3 aromatic carbocycles. The van der Waals surface area contributed by atoms with Crippen molar-refractivity contribution in [3.8, 4) is 34.2 Å². The fourth-order valence-electron chi connectivity index (χ4n) is 3.75. The highest BCUT2D eigenvalue weighted by Crippen LogP contribution is 2.34. The van der Waals surface area contributed by atoms with E-state index in [-0.39, 0.29) is 18.1 Å². The van der Waals surface area contributed by atoms with Gasteiger partial charge in [-0.3, -0.25) is 20.4 Å². The van der Waals surface area contributed by atoms with Gasteiger partial charge in [-0.25, -0.2) is 4.98 Å². The highest BCUT2D eigenvalue weighted by atomic mass is 32.2. The predicted octanol–water partition coefficient (Wildman–Crippen LogP) is 5.17. The quantitative estimate of drug-likeness (QED) is 0.232. The van der Waals surface area contributed by atoms with Crippen molar-refractivity contribution in [1.29, 1.82) is 5.26 Å². The Morgan fingerprint density at radius 1 is 0.895 bits per heavy atom. The lowest BCUT2D eigenvalue weighted by atomic mass is 9.99. The number of carbonyl (C=O) groups is 2. The number of carbonyl (C=O) groups excluding carboxylic acids is 2. The third-order valence-electron chi connectivity index (χ3n) is 5.53. The topological polar surface area (TPSA) is 104 Å². The van der Waals surface area contributed by atoms with E-state index in [4.69, 9.17) is 9.72 Å². The maximum absolute atomic E-state index is 12.5. The van der Waals surface area contributed by atoms with Gasteiger partial charge >= 0.3 is 0 Å². The van der Waals surface area contributed by atoms with E-state index >= 15 is 0 Å². The minimum atomic E-state index is -0.408. The molecule has 0 bridgehead atoms. The summed E-state index contributed by atoms with van der Waals surface area (Å²) < 4.78 is 5.55. The largest absolute Gasteiger partial charge is 0.494 e. The van der Waals surface area contributed by atoms with Crippen LogP contribution in [0.1, 0.15) is 18.1 Å². The number of ether oxygens (including phenoxy) is 1. The molecule has 0 spiro atoms. The second-order valence-electron chi connectivity index (χ2n) is 8.22. The zero-order valence-electron chi connectivity index (χ0n) is 20.8. The number of thioether (sulfide) groups is 1. The van der Waals surface area contributed by atoms with Crippen molar-refractivity contribution in [2.45, 2.75) is 18.4 Å². The van der Waals surface area contributed by atoms with Crippen LogP contribution in [0.15, 0.2) is 96.0 Å². The number of nitrogens with one attached hydrogen (secondary N) is 2. The molecule has 2 N–H and O–H groups in total. The molecule has 0 atom stereocenters. The Morgan fingerprint density at radius 3 is 2.21 bits per heavy atom. The molecule has 7 nitrogen and oxygen atoms in total. The molecular formula is C30H26N4O3S. The zero-order chi connectivity index (χ0) is 26.7. The summed E-state index contributed by atoms with van der Waals surface area (Å²) >= 11 is 1.14. The van der Waals surface area contributed by atoms with Crippen LogP contribution in [0.5, 0.6) is 5.75 Å². The summed E-state index contributed by atoms with van der Waals surface area (Å²) in [6.45, 7) is 2.50. The molecule has 0 unspecified atom stereocenters. The van der Waals surface area contributed by atoms with E-state index in [1.165, 1.54) is 0 Å². The Balaban J connectivity index is 1.53. The van der Waals surface area contributed by atoms with E-state index in [1.807, 2.05) is 97.9 Å². The molecular weight excluding hydrogens is 496 g/mol. The highest BCUT2D eigenvalue weighted by molar-refractivity contribution is 8.00. The van der Waals surface area contributed by atoms with Gasteiger partial charge in [0.1, 0.15) is 16.8 Å². The van der Waals surface area contributed by atoms with Gasteiger partial charge in [-0.2, -0.15) is 5.26 Å². The molecule has 1 heterocycles. The molecule has 4 rings (SSSR count). The third-order valence-corrected chi connectivity index (χ3v) is 6.51. The predicted molar refractivity (Wildman–Crippen MR) is 148 cm³/mol. The van der Waals surface area contributed by atoms with Crippen LogP contribution in [-0.2, 0) is 16.0 Å². The number of nitriles is 1. The van der Waals surface area contributed by atoms with Crippen LogP contribution in [0.4, 0.5) is 0 Å². The number of rotatable bonds is 9. The molecule has 2 amide bonds. The first-order valence-electron chi connectivity index (χ1n) is 12.1. The first-order chi connectivity index (χ1) is 18.6. The Hall–Kier alpha value is -4.61. The average molecular weight is 523 g/mol. The standard InChI is InChI=1S/C30H26N4O3S/c1-2-37-24-15-13-23(14-16-24)27-18-25(22-11-7-4-8-12-22)26(19-31)30(32-27)38-20-29(36)34-33-28(35)17-21-9-5-3-6-10-21/h3-16,18H,2,17,20H2,1H3,(H,33,35)(H,34,36). The van der Waals surface area contributed by atoms with E-state index in [2.05, 4.69) is 16.9 Å². The van der Waals surface area contributed by atoms with Crippen LogP contribution in [0.3, 0.4) is 0 Å². The average Bonchev–Trinajstić information content (AvgIpc) is 2.96. The lowest BCUT2D eigenvalue weighted by Gasteiger charge is -2.13. The smallest absolute Gasteiger partial charge is 0.248 e. The number of nitrogens with zero attached hydrogens (tertiary/aromatic N) is 2. The van der Waals surface area contributed by atoms with Crippen LogP contribution < -0.4 is 15.6 Å². The first-order valence-corrected chi connectivity index (χ1v) is 13.0. The molecule has 0 aliphatic carbocycles. The second kappa shape index (κ2) is 13.1. The summed E-state index contributed by atoms with van der Waals surface area (Å²) in [5.41, 5.74) is 9.23. The van der Waals surface area contributed by atoms with Gasteiger partial charge in [0, 0.05) is 11.1 Å². The molecule has 4 aromatic rings. The lowest BCUT2D eigenvalue weighted by Crippen LogP contribution is -2.43. The van der Waals surface area contributed by atoms with E-state index < -0.39 is 5.91 Å². The van der Waals surface area contributed by atoms with Crippen molar-refractivity contribution in [2.24, 2.45) is 0 Å². The Morgan fingerprint density at radius 2 is 1.55 bits per heavy atom. The van der Waals surface area contributed by atoms with Crippen LogP contribution in [0, 0.1) is 11.3 Å². The van der Waals surface area contributed by atoms with E-state index in [0.29, 0.717) is 22.9 Å². The van der Waals surface area contributed by atoms with Gasteiger partial charge in [0.15, 0.2) is 0 Å². The number of benzene rings is 3. The van der Waals surface area contributed by atoms with Gasteiger partial charge in [0.2, 0.25) is 11.8 Å². The van der Waals surface area contributed by atoms with Gasteiger partial charge in [-0.05, 0) is 48.4 Å². The van der Waals surface area contributed by atoms with Crippen LogP contribution in [-0.4, -0.2) is 29.2 Å². The van der Waals surface area contributed by atoms with Gasteiger partial charge in [-0.1, -0.05) is 72.4 Å². The molecule has 0 saturated carbocycles. The number of aromatic nitrogens is 1. The normalized spacial score (nSPS) is 10.3. The Bertz CT molecular complexity index is 1440. The SMILES string of the molecule is CCOc1ccc(-c2cc(-c3ccccc3)c(C#N)c(SCC(=O)NNC(=O)Cc3ccccc3)n2)cc1. The summed E-state index contributed by atoms with van der Waals surface area (Å²) in [5.74, 6) is -0.00770. The summed E-state index contributed by atoms with van der Waals surface area (Å²) in [6.07, 6.45) is 0.152. The van der Waals surface area contributed by atoms with Crippen LogP contribution >= 0.6 is 11.8 Å². The third kappa shape index (κ3) is 6.99. The number of pyridine rings is 1. The Kier molecular flexibility index (Phi) is 9.11. The Labute approximate surface area is 225 Å². The maximum atomic E-state index is 12.5. The molecule has 190 valence electrons. The second-order valence-corrected chi connectivity index (χ2v) is 9.18. The first kappa shape index (κ1) is 26.5. The van der Waals surface area contributed by atoms with Crippen molar-refractivity contribution < 1.29 is 14.3 Å². The minimum absolute atomic E-state index is 0.0335. The van der Waals surface area contributed by atoms with E-state index in [9.17, 15) is 14.9 Å². The molecule has 0 radical (unpaired) electrons. The molecule has 8 heteroatoms. The van der Waals surface area contributed by atoms with Crippen molar-refractivity contribution in [1.82, 2.24) is 15.8 Å². The summed E-state index contributed by atoms with van der Waals surface area (Å²) in [7, 11) is 0. The van der Waals surface area contributed by atoms with Gasteiger partial charge < -0.3 is 4.74 Å². The number of hydrogen-bond acceptors (Lipinski definition) is 6. The van der Waals surface area contributed by atoms with Crippen LogP contribution in [0.25, 0.3) is 22.4 Å². The van der Waals surface area contributed by atoms with E-state index in [0.717, 1.165) is 39.8 Å². The van der Waals surface area contributed by atoms with Crippen molar-refractivity contribution in [3.63, 3.8) is 0 Å². The molecule has 1 aromatic heterocycles. The molecule has 0 aliphatic heterocycles. The monoisotopic (exact) mass is 522 g/mol. The van der Waals surface area contributed by atoms with Gasteiger partial charge in [0.05, 0.1) is 30.0 Å². The fourth-order valence-corrected chi connectivity index (χ4v) is 4.55. The summed E-state index contributed by atoms with van der Waals surface area (Å²) in [5, 5.41) is 10.5. The molecule has 0 fully saturated rings. The highest BCUT2D eigenvalue weighted by Gasteiger charge is 2.17.